The van der Waals surface area contributed by atoms with Gasteiger partial charge in [0.15, 0.2) is 5.69 Å². The third-order valence-electron chi connectivity index (χ3n) is 5.68. The number of carbonyl (C=O) groups is 1. The van der Waals surface area contributed by atoms with Crippen molar-refractivity contribution in [3.8, 4) is 0 Å². The van der Waals surface area contributed by atoms with E-state index < -0.39 is 0 Å². The first-order valence-corrected chi connectivity index (χ1v) is 9.50. The van der Waals surface area contributed by atoms with Gasteiger partial charge in [-0.3, -0.25) is 14.6 Å². The van der Waals surface area contributed by atoms with Gasteiger partial charge in [-0.2, -0.15) is 10.2 Å². The summed E-state index contributed by atoms with van der Waals surface area (Å²) in [6.45, 7) is 5.20. The van der Waals surface area contributed by atoms with E-state index in [0.717, 1.165) is 36.9 Å². The van der Waals surface area contributed by atoms with E-state index in [0.29, 0.717) is 23.3 Å². The SMILES string of the molecule is CCC1(C)CCc2c(C(=O)Nc3cnn(Cc4ccccc4)c3)n[nH]c2C1. The second kappa shape index (κ2) is 7.02. The molecule has 6 heteroatoms. The minimum Gasteiger partial charge on any atom is -0.318 e. The van der Waals surface area contributed by atoms with Crippen molar-refractivity contribution >= 4 is 11.6 Å². The summed E-state index contributed by atoms with van der Waals surface area (Å²) >= 11 is 0. The molecule has 6 nitrogen and oxygen atoms in total. The molecule has 2 aromatic heterocycles. The van der Waals surface area contributed by atoms with Crippen LogP contribution in [0.25, 0.3) is 0 Å². The maximum absolute atomic E-state index is 12.7. The molecule has 140 valence electrons. The molecule has 0 fully saturated rings. The lowest BCUT2D eigenvalue weighted by atomic mass is 9.73. The van der Waals surface area contributed by atoms with Crippen molar-refractivity contribution in [2.24, 2.45) is 5.41 Å². The first-order chi connectivity index (χ1) is 13.1. The molecule has 2 N–H and O–H groups in total. The Bertz CT molecular complexity index is 943. The predicted octanol–water partition coefficient (Wildman–Crippen LogP) is 3.81. The molecular formula is C21H25N5O. The minimum absolute atomic E-state index is 0.174. The van der Waals surface area contributed by atoms with Gasteiger partial charge in [0, 0.05) is 17.5 Å². The van der Waals surface area contributed by atoms with Gasteiger partial charge in [-0.25, -0.2) is 0 Å². The topological polar surface area (TPSA) is 75.6 Å². The van der Waals surface area contributed by atoms with Gasteiger partial charge in [-0.15, -0.1) is 0 Å². The number of anilines is 1. The van der Waals surface area contributed by atoms with Crippen LogP contribution in [0.3, 0.4) is 0 Å². The molecule has 4 rings (SSSR count). The zero-order valence-corrected chi connectivity index (χ0v) is 15.8. The lowest BCUT2D eigenvalue weighted by Gasteiger charge is -2.32. The van der Waals surface area contributed by atoms with E-state index in [1.165, 1.54) is 5.56 Å². The highest BCUT2D eigenvalue weighted by Crippen LogP contribution is 2.38. The normalized spacial score (nSPS) is 18.9. The highest BCUT2D eigenvalue weighted by atomic mass is 16.2. The largest absolute Gasteiger partial charge is 0.318 e. The molecule has 1 amide bonds. The number of carbonyl (C=O) groups excluding carboxylic acids is 1. The molecular weight excluding hydrogens is 338 g/mol. The standard InChI is InChI=1S/C21H25N5O/c1-3-21(2)10-9-17-18(11-21)24-25-19(17)20(27)23-16-12-22-26(14-16)13-15-7-5-4-6-8-15/h4-8,12,14H,3,9-11,13H2,1-2H3,(H,23,27)(H,24,25). The van der Waals surface area contributed by atoms with Gasteiger partial charge in [0.2, 0.25) is 0 Å². The number of fused-ring (bicyclic) bond motifs is 1. The van der Waals surface area contributed by atoms with Crippen LogP contribution in [-0.4, -0.2) is 25.9 Å². The number of amides is 1. The van der Waals surface area contributed by atoms with Gasteiger partial charge >= 0.3 is 0 Å². The van der Waals surface area contributed by atoms with Gasteiger partial charge in [0.05, 0.1) is 18.4 Å². The summed E-state index contributed by atoms with van der Waals surface area (Å²) in [6.07, 6.45) is 7.59. The van der Waals surface area contributed by atoms with E-state index in [2.05, 4.69) is 46.6 Å². The van der Waals surface area contributed by atoms with Crippen molar-refractivity contribution in [1.82, 2.24) is 20.0 Å². The molecule has 1 unspecified atom stereocenters. The molecule has 2 heterocycles. The van der Waals surface area contributed by atoms with Crippen molar-refractivity contribution in [1.29, 1.82) is 0 Å². The number of hydrogen-bond donors (Lipinski definition) is 2. The molecule has 1 aliphatic rings. The van der Waals surface area contributed by atoms with Crippen LogP contribution < -0.4 is 5.32 Å². The van der Waals surface area contributed by atoms with Crippen LogP contribution in [0.2, 0.25) is 0 Å². The van der Waals surface area contributed by atoms with Crippen LogP contribution in [-0.2, 0) is 19.4 Å². The maximum Gasteiger partial charge on any atom is 0.276 e. The number of aromatic nitrogens is 4. The molecule has 3 aromatic rings. The van der Waals surface area contributed by atoms with E-state index in [1.807, 2.05) is 29.1 Å². The zero-order valence-electron chi connectivity index (χ0n) is 15.8. The van der Waals surface area contributed by atoms with Crippen molar-refractivity contribution in [2.45, 2.75) is 46.1 Å². The number of benzene rings is 1. The van der Waals surface area contributed by atoms with Crippen molar-refractivity contribution < 1.29 is 4.79 Å². The van der Waals surface area contributed by atoms with Gasteiger partial charge in [-0.05, 0) is 30.2 Å². The predicted molar refractivity (Wildman–Crippen MR) is 105 cm³/mol. The van der Waals surface area contributed by atoms with E-state index in [9.17, 15) is 4.79 Å². The lowest BCUT2D eigenvalue weighted by Crippen LogP contribution is -2.25. The monoisotopic (exact) mass is 363 g/mol. The number of rotatable bonds is 5. The fraction of sp³-hybridized carbons (Fsp3) is 0.381. The Labute approximate surface area is 159 Å². The van der Waals surface area contributed by atoms with Crippen LogP contribution in [0.5, 0.6) is 0 Å². The van der Waals surface area contributed by atoms with E-state index in [4.69, 9.17) is 0 Å². The number of H-pyrrole nitrogens is 1. The van der Waals surface area contributed by atoms with Gasteiger partial charge < -0.3 is 5.32 Å². The first-order valence-electron chi connectivity index (χ1n) is 9.50. The third kappa shape index (κ3) is 3.65. The van der Waals surface area contributed by atoms with Crippen molar-refractivity contribution in [3.05, 3.63) is 65.2 Å². The van der Waals surface area contributed by atoms with Crippen LogP contribution in [0.4, 0.5) is 5.69 Å². The Morgan fingerprint density at radius 3 is 2.93 bits per heavy atom. The molecule has 0 aliphatic heterocycles. The number of hydrogen-bond acceptors (Lipinski definition) is 3. The van der Waals surface area contributed by atoms with Crippen molar-refractivity contribution in [3.63, 3.8) is 0 Å². The summed E-state index contributed by atoms with van der Waals surface area (Å²) < 4.78 is 1.82. The van der Waals surface area contributed by atoms with E-state index in [1.54, 1.807) is 6.20 Å². The van der Waals surface area contributed by atoms with Crippen LogP contribution in [0.1, 0.15) is 54.0 Å². The minimum atomic E-state index is -0.174. The molecule has 0 bridgehead atoms. The molecule has 0 radical (unpaired) electrons. The zero-order chi connectivity index (χ0) is 18.9. The molecule has 1 atom stereocenters. The van der Waals surface area contributed by atoms with E-state index in [-0.39, 0.29) is 5.91 Å². The average Bonchev–Trinajstić information content (AvgIpc) is 3.29. The molecule has 0 saturated carbocycles. The molecule has 0 spiro atoms. The summed E-state index contributed by atoms with van der Waals surface area (Å²) in [5, 5.41) is 14.7. The Hall–Kier alpha value is -2.89. The van der Waals surface area contributed by atoms with Gasteiger partial charge in [0.1, 0.15) is 0 Å². The fourth-order valence-corrected chi connectivity index (χ4v) is 3.72. The maximum atomic E-state index is 12.7. The van der Waals surface area contributed by atoms with Crippen LogP contribution >= 0.6 is 0 Å². The molecule has 0 saturated heterocycles. The summed E-state index contributed by atoms with van der Waals surface area (Å²) in [5.74, 6) is -0.174. The van der Waals surface area contributed by atoms with Crippen LogP contribution in [0.15, 0.2) is 42.7 Å². The highest BCUT2D eigenvalue weighted by molar-refractivity contribution is 6.03. The summed E-state index contributed by atoms with van der Waals surface area (Å²) in [7, 11) is 0. The smallest absolute Gasteiger partial charge is 0.276 e. The Kier molecular flexibility index (Phi) is 4.56. The Morgan fingerprint density at radius 2 is 2.15 bits per heavy atom. The quantitative estimate of drug-likeness (QED) is 0.724. The highest BCUT2D eigenvalue weighted by Gasteiger charge is 2.32. The van der Waals surface area contributed by atoms with Crippen molar-refractivity contribution in [2.75, 3.05) is 5.32 Å². The lowest BCUT2D eigenvalue weighted by molar-refractivity contribution is 0.102. The van der Waals surface area contributed by atoms with Gasteiger partial charge in [-0.1, -0.05) is 50.6 Å². The summed E-state index contributed by atoms with van der Waals surface area (Å²) in [5.41, 5.74) is 4.83. The molecule has 27 heavy (non-hydrogen) atoms. The average molecular weight is 363 g/mol. The van der Waals surface area contributed by atoms with Gasteiger partial charge in [0.25, 0.3) is 5.91 Å². The number of aromatic amines is 1. The third-order valence-corrected chi connectivity index (χ3v) is 5.68. The molecule has 1 aromatic carbocycles. The second-order valence-electron chi connectivity index (χ2n) is 7.74. The second-order valence-corrected chi connectivity index (χ2v) is 7.74. The van der Waals surface area contributed by atoms with Crippen LogP contribution in [0, 0.1) is 5.41 Å². The first kappa shape index (κ1) is 17.5. The number of nitrogens with zero attached hydrogens (tertiary/aromatic N) is 3. The Morgan fingerprint density at radius 1 is 1.33 bits per heavy atom. The summed E-state index contributed by atoms with van der Waals surface area (Å²) in [6, 6.07) is 10.1. The summed E-state index contributed by atoms with van der Waals surface area (Å²) in [4.78, 5) is 12.7. The Balaban J connectivity index is 1.45. The number of nitrogens with one attached hydrogen (secondary N) is 2. The molecule has 1 aliphatic carbocycles. The van der Waals surface area contributed by atoms with E-state index >= 15 is 0 Å². The fourth-order valence-electron chi connectivity index (χ4n) is 3.72.